The van der Waals surface area contributed by atoms with Gasteiger partial charge in [-0.1, -0.05) is 44.6 Å². The maximum absolute atomic E-state index is 11.6. The molecule has 126 valence electrons. The quantitative estimate of drug-likeness (QED) is 0.636. The zero-order valence-corrected chi connectivity index (χ0v) is 14.3. The van der Waals surface area contributed by atoms with E-state index in [2.05, 4.69) is 26.5 Å². The van der Waals surface area contributed by atoms with Crippen LogP contribution in [0.3, 0.4) is 0 Å². The van der Waals surface area contributed by atoms with Gasteiger partial charge in [-0.25, -0.2) is 4.79 Å². The van der Waals surface area contributed by atoms with Gasteiger partial charge in [0.25, 0.3) is 0 Å². The minimum absolute atomic E-state index is 0.00530. The van der Waals surface area contributed by atoms with Gasteiger partial charge in [0.2, 0.25) is 0 Å². The van der Waals surface area contributed by atoms with Crippen molar-refractivity contribution >= 4 is 5.97 Å². The lowest BCUT2D eigenvalue weighted by Crippen LogP contribution is -2.51. The maximum atomic E-state index is 11.6. The van der Waals surface area contributed by atoms with Gasteiger partial charge >= 0.3 is 5.97 Å². The molecular formula is C20H28O3. The molecule has 0 aromatic carbocycles. The highest BCUT2D eigenvalue weighted by Crippen LogP contribution is 2.61. The Labute approximate surface area is 139 Å². The average molecular weight is 316 g/mol. The lowest BCUT2D eigenvalue weighted by Gasteiger charge is -2.57. The maximum Gasteiger partial charge on any atom is 0.338 e. The van der Waals surface area contributed by atoms with Crippen LogP contribution in [0.1, 0.15) is 46.0 Å². The van der Waals surface area contributed by atoms with Crippen LogP contribution in [0.15, 0.2) is 36.0 Å². The van der Waals surface area contributed by atoms with Crippen LogP contribution in [0.25, 0.3) is 0 Å². The van der Waals surface area contributed by atoms with E-state index in [1.165, 1.54) is 5.57 Å². The summed E-state index contributed by atoms with van der Waals surface area (Å²) in [5.41, 5.74) is 2.04. The number of carbonyl (C=O) groups excluding carboxylic acids is 1. The standard InChI is InChI=1S/C20H28O3/c1-14-5-8-17-19(2,13-21)10-4-11-20(17,3)16(14)7-6-15-9-12-23-18(15)22/h6-7,9,16-17,21H,1,4-5,8,10-13H2,2-3H3/b7-6+/t16?,17-,19+,20+/m1/s1. The molecule has 1 unspecified atom stereocenters. The fourth-order valence-corrected chi connectivity index (χ4v) is 5.27. The van der Waals surface area contributed by atoms with Crippen molar-refractivity contribution in [3.8, 4) is 0 Å². The molecule has 2 aliphatic carbocycles. The second kappa shape index (κ2) is 5.94. The average Bonchev–Trinajstić information content (AvgIpc) is 2.91. The van der Waals surface area contributed by atoms with Crippen LogP contribution in [0.4, 0.5) is 0 Å². The summed E-state index contributed by atoms with van der Waals surface area (Å²) in [5, 5.41) is 9.98. The first-order valence-electron chi connectivity index (χ1n) is 8.75. The molecule has 3 aliphatic rings. The Morgan fingerprint density at radius 3 is 2.87 bits per heavy atom. The molecule has 3 nitrogen and oxygen atoms in total. The molecule has 0 amide bonds. The molecule has 1 heterocycles. The number of aliphatic hydroxyl groups excluding tert-OH is 1. The summed E-state index contributed by atoms with van der Waals surface area (Å²) < 4.78 is 4.98. The third-order valence-corrected chi connectivity index (χ3v) is 6.59. The second-order valence-electron chi connectivity index (χ2n) is 8.02. The number of carbonyl (C=O) groups is 1. The second-order valence-corrected chi connectivity index (χ2v) is 8.02. The van der Waals surface area contributed by atoms with E-state index in [1.54, 1.807) is 0 Å². The van der Waals surface area contributed by atoms with Gasteiger partial charge in [-0.15, -0.1) is 0 Å². The van der Waals surface area contributed by atoms with E-state index in [0.717, 1.165) is 32.1 Å². The lowest BCUT2D eigenvalue weighted by atomic mass is 9.47. The normalized spacial score (nSPS) is 40.9. The monoisotopic (exact) mass is 316 g/mol. The summed E-state index contributed by atoms with van der Waals surface area (Å²) in [7, 11) is 0. The molecule has 3 rings (SSSR count). The molecule has 0 spiro atoms. The lowest BCUT2D eigenvalue weighted by molar-refractivity contribution is -0.135. The Morgan fingerprint density at radius 1 is 1.43 bits per heavy atom. The summed E-state index contributed by atoms with van der Waals surface area (Å²) >= 11 is 0. The summed E-state index contributed by atoms with van der Waals surface area (Å²) in [6, 6.07) is 0. The number of aliphatic hydroxyl groups is 1. The number of allylic oxidation sites excluding steroid dienone is 2. The van der Waals surface area contributed by atoms with Gasteiger partial charge in [0, 0.05) is 12.5 Å². The Balaban J connectivity index is 1.90. The van der Waals surface area contributed by atoms with E-state index in [-0.39, 0.29) is 29.3 Å². The smallest absolute Gasteiger partial charge is 0.338 e. The van der Waals surface area contributed by atoms with Crippen LogP contribution in [0, 0.1) is 22.7 Å². The van der Waals surface area contributed by atoms with Crippen molar-refractivity contribution in [2.24, 2.45) is 22.7 Å². The first-order chi connectivity index (χ1) is 10.9. The number of cyclic esters (lactones) is 1. The number of esters is 1. The Morgan fingerprint density at radius 2 is 2.22 bits per heavy atom. The number of hydrogen-bond donors (Lipinski definition) is 1. The summed E-state index contributed by atoms with van der Waals surface area (Å²) in [5.74, 6) is 0.536. The van der Waals surface area contributed by atoms with Crippen LogP contribution in [-0.4, -0.2) is 24.3 Å². The predicted molar refractivity (Wildman–Crippen MR) is 90.7 cm³/mol. The van der Waals surface area contributed by atoms with Crippen molar-refractivity contribution in [3.63, 3.8) is 0 Å². The van der Waals surface area contributed by atoms with E-state index in [9.17, 15) is 9.90 Å². The van der Waals surface area contributed by atoms with E-state index in [1.807, 2.05) is 12.2 Å². The zero-order chi connectivity index (χ0) is 16.7. The topological polar surface area (TPSA) is 46.5 Å². The Bertz CT molecular complexity index is 573. The molecule has 3 heteroatoms. The zero-order valence-electron chi connectivity index (χ0n) is 14.3. The van der Waals surface area contributed by atoms with Crippen LogP contribution in [-0.2, 0) is 9.53 Å². The first kappa shape index (κ1) is 16.5. The molecular weight excluding hydrogens is 288 g/mol. The van der Waals surface area contributed by atoms with Crippen LogP contribution < -0.4 is 0 Å². The van der Waals surface area contributed by atoms with Gasteiger partial charge < -0.3 is 9.84 Å². The van der Waals surface area contributed by atoms with Gasteiger partial charge in [-0.05, 0) is 48.5 Å². The Hall–Kier alpha value is -1.35. The summed E-state index contributed by atoms with van der Waals surface area (Å²) in [4.78, 5) is 11.6. The highest BCUT2D eigenvalue weighted by Gasteiger charge is 2.53. The van der Waals surface area contributed by atoms with Gasteiger partial charge in [-0.3, -0.25) is 0 Å². The van der Waals surface area contributed by atoms with E-state index in [4.69, 9.17) is 4.74 Å². The third-order valence-electron chi connectivity index (χ3n) is 6.59. The molecule has 2 saturated carbocycles. The van der Waals surface area contributed by atoms with Gasteiger partial charge in [0.05, 0.1) is 5.57 Å². The number of rotatable bonds is 3. The van der Waals surface area contributed by atoms with Crippen molar-refractivity contribution in [1.29, 1.82) is 0 Å². The van der Waals surface area contributed by atoms with Crippen molar-refractivity contribution < 1.29 is 14.6 Å². The SMILES string of the molecule is C=C1CC[C@@H]2[C@](C)(CO)CCC[C@@]2(C)C1/C=C/C1=CCOC1=O. The van der Waals surface area contributed by atoms with Crippen molar-refractivity contribution in [1.82, 2.24) is 0 Å². The van der Waals surface area contributed by atoms with E-state index in [0.29, 0.717) is 18.1 Å². The molecule has 0 radical (unpaired) electrons. The molecule has 4 atom stereocenters. The number of hydrogen-bond acceptors (Lipinski definition) is 3. The molecule has 0 bridgehead atoms. The van der Waals surface area contributed by atoms with Crippen LogP contribution in [0.5, 0.6) is 0 Å². The van der Waals surface area contributed by atoms with Gasteiger partial charge in [0.15, 0.2) is 0 Å². The largest absolute Gasteiger partial charge is 0.458 e. The van der Waals surface area contributed by atoms with Crippen molar-refractivity contribution in [2.45, 2.75) is 46.0 Å². The Kier molecular flexibility index (Phi) is 4.26. The molecule has 2 fully saturated rings. The molecule has 23 heavy (non-hydrogen) atoms. The molecule has 1 aliphatic heterocycles. The summed E-state index contributed by atoms with van der Waals surface area (Å²) in [6.45, 7) is 9.55. The molecule has 0 aromatic heterocycles. The summed E-state index contributed by atoms with van der Waals surface area (Å²) in [6.07, 6.45) is 11.4. The minimum Gasteiger partial charge on any atom is -0.458 e. The van der Waals surface area contributed by atoms with Crippen molar-refractivity contribution in [3.05, 3.63) is 36.0 Å². The first-order valence-corrected chi connectivity index (χ1v) is 8.75. The highest BCUT2D eigenvalue weighted by atomic mass is 16.5. The fraction of sp³-hybridized carbons (Fsp3) is 0.650. The predicted octanol–water partition coefficient (Wildman–Crippen LogP) is 3.80. The van der Waals surface area contributed by atoms with Crippen LogP contribution >= 0.6 is 0 Å². The minimum atomic E-state index is -0.229. The fourth-order valence-electron chi connectivity index (χ4n) is 5.27. The van der Waals surface area contributed by atoms with Crippen molar-refractivity contribution in [2.75, 3.05) is 13.2 Å². The third kappa shape index (κ3) is 2.69. The van der Waals surface area contributed by atoms with Gasteiger partial charge in [-0.2, -0.15) is 0 Å². The van der Waals surface area contributed by atoms with Crippen LogP contribution in [0.2, 0.25) is 0 Å². The number of ether oxygens (including phenoxy) is 1. The van der Waals surface area contributed by atoms with E-state index < -0.39 is 0 Å². The molecule has 0 aromatic rings. The molecule has 1 N–H and O–H groups in total. The number of fused-ring (bicyclic) bond motifs is 1. The highest BCUT2D eigenvalue weighted by molar-refractivity contribution is 5.93. The van der Waals surface area contributed by atoms with E-state index >= 15 is 0 Å². The molecule has 0 saturated heterocycles. The van der Waals surface area contributed by atoms with Gasteiger partial charge in [0.1, 0.15) is 6.61 Å².